The molecule has 190 valence electrons. The standard InChI is InChI=1S/C28H31N7O2/c1-20(2)19-37-25-12-26(28-22(13-29)15-32-35(28)18-25)21-4-7-27(31-14-21)34-10-8-33(9-11-34)17-23-5-6-24(36-3)16-30-23/h4-7,12,14-16,18,20H,8-11,17,19H2,1-3H3. The van der Waals surface area contributed by atoms with Crippen LogP contribution in [0.1, 0.15) is 25.1 Å². The maximum atomic E-state index is 9.62. The van der Waals surface area contributed by atoms with Crippen LogP contribution >= 0.6 is 0 Å². The van der Waals surface area contributed by atoms with Crippen LogP contribution in [-0.2, 0) is 6.54 Å². The van der Waals surface area contributed by atoms with Crippen molar-refractivity contribution in [3.8, 4) is 28.7 Å². The van der Waals surface area contributed by atoms with Gasteiger partial charge in [-0.2, -0.15) is 10.4 Å². The van der Waals surface area contributed by atoms with Crippen LogP contribution in [0.5, 0.6) is 11.5 Å². The number of pyridine rings is 3. The first-order chi connectivity index (χ1) is 18.0. The number of nitrogens with zero attached hydrogens (tertiary/aromatic N) is 7. The lowest BCUT2D eigenvalue weighted by Crippen LogP contribution is -2.46. The highest BCUT2D eigenvalue weighted by molar-refractivity contribution is 5.85. The molecule has 0 atom stereocenters. The minimum absolute atomic E-state index is 0.403. The van der Waals surface area contributed by atoms with E-state index in [2.05, 4.69) is 51.9 Å². The smallest absolute Gasteiger partial charge is 0.138 e. The Balaban J connectivity index is 1.30. The van der Waals surface area contributed by atoms with Crippen LogP contribution < -0.4 is 14.4 Å². The molecule has 0 saturated carbocycles. The van der Waals surface area contributed by atoms with Gasteiger partial charge in [0.25, 0.3) is 0 Å². The summed E-state index contributed by atoms with van der Waals surface area (Å²) in [5, 5.41) is 14.0. The van der Waals surface area contributed by atoms with Crippen LogP contribution in [0, 0.1) is 17.2 Å². The van der Waals surface area contributed by atoms with Gasteiger partial charge in [0, 0.05) is 50.0 Å². The van der Waals surface area contributed by atoms with Crippen molar-refractivity contribution in [2.45, 2.75) is 20.4 Å². The van der Waals surface area contributed by atoms with Crippen molar-refractivity contribution in [3.05, 3.63) is 66.4 Å². The summed E-state index contributed by atoms with van der Waals surface area (Å²) in [5.74, 6) is 2.84. The molecule has 0 bridgehead atoms. The topological polar surface area (TPSA) is 91.8 Å². The van der Waals surface area contributed by atoms with Gasteiger partial charge >= 0.3 is 0 Å². The number of methoxy groups -OCH3 is 1. The molecular formula is C28H31N7O2. The fourth-order valence-electron chi connectivity index (χ4n) is 4.46. The lowest BCUT2D eigenvalue weighted by Gasteiger charge is -2.35. The highest BCUT2D eigenvalue weighted by Gasteiger charge is 2.19. The van der Waals surface area contributed by atoms with Crippen molar-refractivity contribution in [2.75, 3.05) is 44.8 Å². The Labute approximate surface area is 216 Å². The summed E-state index contributed by atoms with van der Waals surface area (Å²) < 4.78 is 12.9. The second kappa shape index (κ2) is 10.8. The van der Waals surface area contributed by atoms with Gasteiger partial charge in [0.05, 0.1) is 49.1 Å². The number of nitriles is 1. The zero-order valence-electron chi connectivity index (χ0n) is 21.5. The van der Waals surface area contributed by atoms with E-state index in [1.807, 2.05) is 30.6 Å². The lowest BCUT2D eigenvalue weighted by molar-refractivity contribution is 0.246. The van der Waals surface area contributed by atoms with Crippen molar-refractivity contribution < 1.29 is 9.47 Å². The number of anilines is 1. The molecule has 0 spiro atoms. The zero-order valence-corrected chi connectivity index (χ0v) is 21.5. The van der Waals surface area contributed by atoms with Gasteiger partial charge in [0.1, 0.15) is 23.4 Å². The summed E-state index contributed by atoms with van der Waals surface area (Å²) in [6.07, 6.45) is 7.05. The average Bonchev–Trinajstić information content (AvgIpc) is 3.35. The van der Waals surface area contributed by atoms with Crippen molar-refractivity contribution in [2.24, 2.45) is 5.92 Å². The molecule has 1 saturated heterocycles. The van der Waals surface area contributed by atoms with Gasteiger partial charge in [-0.15, -0.1) is 0 Å². The number of aromatic nitrogens is 4. The predicted octanol–water partition coefficient (Wildman–Crippen LogP) is 4.03. The summed E-state index contributed by atoms with van der Waals surface area (Å²) in [4.78, 5) is 14.0. The molecule has 0 radical (unpaired) electrons. The van der Waals surface area contributed by atoms with Crippen LogP contribution in [0.4, 0.5) is 5.82 Å². The largest absolute Gasteiger partial charge is 0.495 e. The molecule has 0 aromatic carbocycles. The Morgan fingerprint density at radius 2 is 1.84 bits per heavy atom. The van der Waals surface area contributed by atoms with E-state index in [-0.39, 0.29) is 0 Å². The van der Waals surface area contributed by atoms with Gasteiger partial charge < -0.3 is 14.4 Å². The molecule has 1 fully saturated rings. The number of hydrogen-bond donors (Lipinski definition) is 0. The maximum absolute atomic E-state index is 9.62. The minimum atomic E-state index is 0.403. The van der Waals surface area contributed by atoms with Crippen LogP contribution in [-0.4, -0.2) is 64.4 Å². The van der Waals surface area contributed by atoms with E-state index in [0.717, 1.165) is 72.4 Å². The summed E-state index contributed by atoms with van der Waals surface area (Å²) in [7, 11) is 1.65. The monoisotopic (exact) mass is 497 g/mol. The van der Waals surface area contributed by atoms with Gasteiger partial charge in [0.15, 0.2) is 0 Å². The molecule has 1 aliphatic rings. The number of fused-ring (bicyclic) bond motifs is 1. The van der Waals surface area contributed by atoms with E-state index in [9.17, 15) is 5.26 Å². The molecule has 0 N–H and O–H groups in total. The van der Waals surface area contributed by atoms with Crippen molar-refractivity contribution in [1.29, 1.82) is 5.26 Å². The summed E-state index contributed by atoms with van der Waals surface area (Å²) in [6.45, 7) is 9.32. The summed E-state index contributed by atoms with van der Waals surface area (Å²) in [5.41, 5.74) is 4.13. The third-order valence-corrected chi connectivity index (χ3v) is 6.46. The van der Waals surface area contributed by atoms with E-state index < -0.39 is 0 Å². The Morgan fingerprint density at radius 3 is 2.49 bits per heavy atom. The van der Waals surface area contributed by atoms with E-state index in [1.165, 1.54) is 0 Å². The molecule has 1 aliphatic heterocycles. The second-order valence-corrected chi connectivity index (χ2v) is 9.62. The van der Waals surface area contributed by atoms with Gasteiger partial charge in [-0.3, -0.25) is 9.88 Å². The van der Waals surface area contributed by atoms with Crippen LogP contribution in [0.2, 0.25) is 0 Å². The third-order valence-electron chi connectivity index (χ3n) is 6.46. The first kappa shape index (κ1) is 24.5. The molecule has 0 aliphatic carbocycles. The van der Waals surface area contributed by atoms with Crippen LogP contribution in [0.3, 0.4) is 0 Å². The second-order valence-electron chi connectivity index (χ2n) is 9.62. The molecular weight excluding hydrogens is 466 g/mol. The summed E-state index contributed by atoms with van der Waals surface area (Å²) >= 11 is 0. The van der Waals surface area contributed by atoms with Crippen molar-refractivity contribution in [1.82, 2.24) is 24.5 Å². The molecule has 9 heteroatoms. The molecule has 0 unspecified atom stereocenters. The fourth-order valence-corrected chi connectivity index (χ4v) is 4.46. The van der Waals surface area contributed by atoms with Crippen LogP contribution in [0.15, 0.2) is 55.1 Å². The predicted molar refractivity (Wildman–Crippen MR) is 142 cm³/mol. The summed E-state index contributed by atoms with van der Waals surface area (Å²) in [6, 6.07) is 12.3. The first-order valence-electron chi connectivity index (χ1n) is 12.5. The molecule has 0 amide bonds. The van der Waals surface area contributed by atoms with Crippen LogP contribution in [0.25, 0.3) is 16.6 Å². The highest BCUT2D eigenvalue weighted by atomic mass is 16.5. The number of piperazine rings is 1. The van der Waals surface area contributed by atoms with Crippen molar-refractivity contribution >= 4 is 11.3 Å². The van der Waals surface area contributed by atoms with E-state index >= 15 is 0 Å². The molecule has 4 aromatic rings. The molecule has 9 nitrogen and oxygen atoms in total. The Morgan fingerprint density at radius 1 is 1.00 bits per heavy atom. The van der Waals surface area contributed by atoms with Gasteiger partial charge in [-0.25, -0.2) is 9.50 Å². The first-order valence-corrected chi connectivity index (χ1v) is 12.5. The Hall–Kier alpha value is -4.16. The van der Waals surface area contributed by atoms with E-state index in [1.54, 1.807) is 24.0 Å². The van der Waals surface area contributed by atoms with Crippen molar-refractivity contribution in [3.63, 3.8) is 0 Å². The lowest BCUT2D eigenvalue weighted by atomic mass is 10.1. The fraction of sp³-hybridized carbons (Fsp3) is 0.357. The minimum Gasteiger partial charge on any atom is -0.495 e. The zero-order chi connectivity index (χ0) is 25.8. The molecule has 5 heterocycles. The van der Waals surface area contributed by atoms with E-state index in [4.69, 9.17) is 14.5 Å². The Bertz CT molecular complexity index is 1380. The van der Waals surface area contributed by atoms with Gasteiger partial charge in [0.2, 0.25) is 0 Å². The van der Waals surface area contributed by atoms with E-state index in [0.29, 0.717) is 18.1 Å². The SMILES string of the molecule is COc1ccc(CN2CCN(c3ccc(-c4cc(OCC(C)C)cn5ncc(C#N)c45)cn3)CC2)nc1. The third kappa shape index (κ3) is 5.49. The average molecular weight is 498 g/mol. The number of ether oxygens (including phenoxy) is 2. The molecule has 5 rings (SSSR count). The molecule has 37 heavy (non-hydrogen) atoms. The Kier molecular flexibility index (Phi) is 7.19. The normalized spacial score (nSPS) is 14.2. The number of rotatable bonds is 8. The van der Waals surface area contributed by atoms with Gasteiger partial charge in [-0.1, -0.05) is 13.8 Å². The van der Waals surface area contributed by atoms with Gasteiger partial charge in [-0.05, 0) is 36.2 Å². The molecule has 4 aromatic heterocycles. The quantitative estimate of drug-likeness (QED) is 0.360. The number of hydrogen-bond acceptors (Lipinski definition) is 8. The highest BCUT2D eigenvalue weighted by Crippen LogP contribution is 2.31. The maximum Gasteiger partial charge on any atom is 0.138 e.